The Kier molecular flexibility index (Phi) is 3.25. The largest absolute Gasteiger partial charge is 0.0622 e. The van der Waals surface area contributed by atoms with Gasteiger partial charge in [-0.25, -0.2) is 0 Å². The normalized spacial score (nSPS) is 15.6. The lowest BCUT2D eigenvalue weighted by molar-refractivity contribution is 1.13. The summed E-state index contributed by atoms with van der Waals surface area (Å²) in [6.07, 6.45) is 0. The lowest BCUT2D eigenvalue weighted by atomic mass is 9.86. The predicted molar refractivity (Wildman–Crippen MR) is 119 cm³/mol. The number of hydrogen-bond acceptors (Lipinski definition) is 0. The van der Waals surface area contributed by atoms with E-state index in [4.69, 9.17) is 0 Å². The zero-order valence-electron chi connectivity index (χ0n) is 15.5. The first-order chi connectivity index (χ1) is 13.8. The molecule has 131 valence electrons. The molecule has 4 aromatic rings. The van der Waals surface area contributed by atoms with Gasteiger partial charge < -0.3 is 0 Å². The minimum absolute atomic E-state index is 0.110. The Balaban J connectivity index is 1.76. The maximum atomic E-state index is 4.66. The highest BCUT2D eigenvalue weighted by atomic mass is 14.4. The van der Waals surface area contributed by atoms with Crippen LogP contribution in [0, 0.1) is 12.8 Å². The molecule has 0 N–H and O–H groups in total. The van der Waals surface area contributed by atoms with Crippen molar-refractivity contribution < 1.29 is 0 Å². The molecule has 0 heteroatoms. The maximum absolute atomic E-state index is 4.66. The molecule has 6 rings (SSSR count). The van der Waals surface area contributed by atoms with Gasteiger partial charge in [0, 0.05) is 5.92 Å². The van der Waals surface area contributed by atoms with Crippen LogP contribution >= 0.6 is 0 Å². The summed E-state index contributed by atoms with van der Waals surface area (Å²) >= 11 is 0. The Labute approximate surface area is 165 Å². The van der Waals surface area contributed by atoms with Gasteiger partial charge in [-0.05, 0) is 62.2 Å². The number of allylic oxidation sites excluding steroid dienone is 4. The van der Waals surface area contributed by atoms with Crippen LogP contribution in [-0.4, -0.2) is 0 Å². The van der Waals surface area contributed by atoms with Crippen molar-refractivity contribution in [3.05, 3.63) is 126 Å². The zero-order chi connectivity index (χ0) is 18.7. The molecular weight excluding hydrogens is 336 g/mol. The third-order valence-electron chi connectivity index (χ3n) is 6.10. The third-order valence-corrected chi connectivity index (χ3v) is 6.10. The summed E-state index contributed by atoms with van der Waals surface area (Å²) in [6, 6.07) is 34.9. The van der Waals surface area contributed by atoms with Gasteiger partial charge in [0.2, 0.25) is 0 Å². The Hall–Kier alpha value is -3.38. The summed E-state index contributed by atoms with van der Waals surface area (Å²) in [5, 5.41) is 2.69. The summed E-state index contributed by atoms with van der Waals surface area (Å²) < 4.78 is 0. The van der Waals surface area contributed by atoms with Crippen LogP contribution < -0.4 is 0 Å². The van der Waals surface area contributed by atoms with Gasteiger partial charge in [-0.1, -0.05) is 97.1 Å². The lowest BCUT2D eigenvalue weighted by Gasteiger charge is -2.17. The van der Waals surface area contributed by atoms with Crippen molar-refractivity contribution in [2.45, 2.75) is 0 Å². The van der Waals surface area contributed by atoms with Gasteiger partial charge in [-0.3, -0.25) is 0 Å². The Morgan fingerprint density at radius 1 is 0.500 bits per heavy atom. The average molecular weight is 355 g/mol. The standard InChI is InChI=1S/C28H19/c1-18-24(19-10-4-2-5-11-19)27-22-16-8-14-21-15-9-17-23(26(21)22)28(27)25(18)20-12-6-3-7-13-20/h2-18H,1H2. The first kappa shape index (κ1) is 15.7. The van der Waals surface area contributed by atoms with E-state index in [9.17, 15) is 0 Å². The van der Waals surface area contributed by atoms with Gasteiger partial charge in [0.1, 0.15) is 0 Å². The van der Waals surface area contributed by atoms with Crippen LogP contribution in [0.25, 0.3) is 33.1 Å². The van der Waals surface area contributed by atoms with Crippen molar-refractivity contribution >= 4 is 33.1 Å². The SMILES string of the molecule is [CH2]C1C(c2ccccc2)=C2C(=C1c1ccccc1)c1cccc3cccc2c13. The average Bonchev–Trinajstić information content (AvgIpc) is 3.23. The van der Waals surface area contributed by atoms with Crippen molar-refractivity contribution in [3.63, 3.8) is 0 Å². The zero-order valence-corrected chi connectivity index (χ0v) is 15.5. The van der Waals surface area contributed by atoms with E-state index < -0.39 is 0 Å². The van der Waals surface area contributed by atoms with Crippen molar-refractivity contribution in [2.24, 2.45) is 5.92 Å². The highest BCUT2D eigenvalue weighted by molar-refractivity contribution is 6.36. The van der Waals surface area contributed by atoms with Crippen molar-refractivity contribution in [2.75, 3.05) is 0 Å². The highest BCUT2D eigenvalue weighted by Crippen LogP contribution is 2.59. The van der Waals surface area contributed by atoms with Gasteiger partial charge in [0.05, 0.1) is 0 Å². The fraction of sp³-hybridized carbons (Fsp3) is 0.0357. The molecule has 0 nitrogen and oxygen atoms in total. The van der Waals surface area contributed by atoms with Crippen LogP contribution in [0.5, 0.6) is 0 Å². The summed E-state index contributed by atoms with van der Waals surface area (Å²) in [4.78, 5) is 0. The van der Waals surface area contributed by atoms with E-state index in [0.717, 1.165) is 0 Å². The first-order valence-electron chi connectivity index (χ1n) is 9.79. The van der Waals surface area contributed by atoms with E-state index in [2.05, 4.69) is 104 Å². The van der Waals surface area contributed by atoms with Gasteiger partial charge in [0.25, 0.3) is 0 Å². The van der Waals surface area contributed by atoms with Crippen LogP contribution in [0.3, 0.4) is 0 Å². The first-order valence-corrected chi connectivity index (χ1v) is 9.79. The monoisotopic (exact) mass is 355 g/mol. The Bertz CT molecular complexity index is 1190. The second-order valence-corrected chi connectivity index (χ2v) is 7.57. The fourth-order valence-corrected chi connectivity index (χ4v) is 5.01. The van der Waals surface area contributed by atoms with Crippen LogP contribution in [0.4, 0.5) is 0 Å². The minimum atomic E-state index is 0.110. The number of rotatable bonds is 2. The second-order valence-electron chi connectivity index (χ2n) is 7.57. The molecule has 28 heavy (non-hydrogen) atoms. The number of hydrogen-bond donors (Lipinski definition) is 0. The summed E-state index contributed by atoms with van der Waals surface area (Å²) in [5.41, 5.74) is 10.7. The third kappa shape index (κ3) is 2.00. The van der Waals surface area contributed by atoms with E-state index >= 15 is 0 Å². The minimum Gasteiger partial charge on any atom is -0.0622 e. The van der Waals surface area contributed by atoms with E-state index in [1.165, 1.54) is 55.3 Å². The quantitative estimate of drug-likeness (QED) is 0.358. The summed E-state index contributed by atoms with van der Waals surface area (Å²) in [6.45, 7) is 4.66. The fourth-order valence-electron chi connectivity index (χ4n) is 5.01. The molecule has 0 bridgehead atoms. The summed E-state index contributed by atoms with van der Waals surface area (Å²) in [5.74, 6) is 0.110. The van der Waals surface area contributed by atoms with Crippen molar-refractivity contribution in [3.8, 4) is 0 Å². The molecular formula is C28H19. The molecule has 0 atom stereocenters. The van der Waals surface area contributed by atoms with E-state index in [1.807, 2.05) is 0 Å². The van der Waals surface area contributed by atoms with Crippen LogP contribution in [-0.2, 0) is 0 Å². The molecule has 0 saturated heterocycles. The van der Waals surface area contributed by atoms with Gasteiger partial charge in [0.15, 0.2) is 0 Å². The molecule has 0 amide bonds. The summed E-state index contributed by atoms with van der Waals surface area (Å²) in [7, 11) is 0. The van der Waals surface area contributed by atoms with Crippen LogP contribution in [0.1, 0.15) is 22.3 Å². The number of fused-ring (bicyclic) bond motifs is 3. The molecule has 1 radical (unpaired) electrons. The molecule has 0 unspecified atom stereocenters. The van der Waals surface area contributed by atoms with Crippen LogP contribution in [0.15, 0.2) is 97.1 Å². The molecule has 2 aliphatic rings. The molecule has 0 spiro atoms. The molecule has 0 fully saturated rings. The molecule has 0 aliphatic heterocycles. The van der Waals surface area contributed by atoms with E-state index in [-0.39, 0.29) is 5.92 Å². The molecule has 2 aliphatic carbocycles. The maximum Gasteiger partial charge on any atom is 0.0114 e. The Morgan fingerprint density at radius 2 is 0.964 bits per heavy atom. The molecule has 0 heterocycles. The smallest absolute Gasteiger partial charge is 0.0114 e. The predicted octanol–water partition coefficient (Wildman–Crippen LogP) is 7.14. The number of benzene rings is 4. The van der Waals surface area contributed by atoms with Crippen molar-refractivity contribution in [1.29, 1.82) is 0 Å². The van der Waals surface area contributed by atoms with Gasteiger partial charge >= 0.3 is 0 Å². The van der Waals surface area contributed by atoms with Gasteiger partial charge in [-0.2, -0.15) is 0 Å². The lowest BCUT2D eigenvalue weighted by Crippen LogP contribution is -2.00. The van der Waals surface area contributed by atoms with Gasteiger partial charge in [-0.15, -0.1) is 0 Å². The molecule has 0 aromatic heterocycles. The second kappa shape index (κ2) is 5.81. The van der Waals surface area contributed by atoms with Crippen LogP contribution in [0.2, 0.25) is 0 Å². The Morgan fingerprint density at radius 3 is 1.43 bits per heavy atom. The van der Waals surface area contributed by atoms with E-state index in [1.54, 1.807) is 0 Å². The molecule has 4 aromatic carbocycles. The molecule has 0 saturated carbocycles. The highest BCUT2D eigenvalue weighted by Gasteiger charge is 2.38. The van der Waals surface area contributed by atoms with E-state index in [0.29, 0.717) is 0 Å². The topological polar surface area (TPSA) is 0 Å². The van der Waals surface area contributed by atoms with Crippen molar-refractivity contribution in [1.82, 2.24) is 0 Å².